The van der Waals surface area contributed by atoms with Gasteiger partial charge in [-0.2, -0.15) is 0 Å². The Kier molecular flexibility index (Phi) is 5.87. The van der Waals surface area contributed by atoms with Crippen molar-refractivity contribution >= 4 is 0 Å². The van der Waals surface area contributed by atoms with Crippen LogP contribution < -0.4 is 0 Å². The third-order valence-corrected chi connectivity index (χ3v) is 4.98. The lowest BCUT2D eigenvalue weighted by atomic mass is 9.93. The summed E-state index contributed by atoms with van der Waals surface area (Å²) < 4.78 is 6.37. The maximum atomic E-state index is 6.37. The zero-order chi connectivity index (χ0) is 15.9. The predicted molar refractivity (Wildman–Crippen MR) is 96.6 cm³/mol. The molecule has 0 spiro atoms. The lowest BCUT2D eigenvalue weighted by molar-refractivity contribution is 0.0111. The molecule has 0 amide bonds. The highest BCUT2D eigenvalue weighted by atomic mass is 16.5. The third kappa shape index (κ3) is 4.68. The molecule has 1 fully saturated rings. The molecule has 3 rings (SSSR count). The minimum absolute atomic E-state index is 0.286. The van der Waals surface area contributed by atoms with Crippen molar-refractivity contribution in [3.63, 3.8) is 0 Å². The second-order valence-electron chi connectivity index (χ2n) is 6.84. The molecule has 0 bridgehead atoms. The molecular weight excluding hydrogens is 280 g/mol. The van der Waals surface area contributed by atoms with E-state index in [1.54, 1.807) is 0 Å². The predicted octanol–water partition coefficient (Wildman–Crippen LogP) is 5.88. The van der Waals surface area contributed by atoms with Gasteiger partial charge in [0.1, 0.15) is 0 Å². The van der Waals surface area contributed by atoms with E-state index in [4.69, 9.17) is 4.74 Å². The number of aryl methyl sites for hydroxylation is 2. The van der Waals surface area contributed by atoms with E-state index in [0.717, 1.165) is 19.4 Å². The number of rotatable bonds is 7. The highest BCUT2D eigenvalue weighted by Gasteiger charge is 2.26. The van der Waals surface area contributed by atoms with Gasteiger partial charge in [0.05, 0.1) is 6.10 Å². The molecule has 1 unspecified atom stereocenters. The number of benzene rings is 2. The van der Waals surface area contributed by atoms with E-state index in [-0.39, 0.29) is 6.10 Å². The Balaban J connectivity index is 1.56. The first-order valence-electron chi connectivity index (χ1n) is 9.05. The summed E-state index contributed by atoms with van der Waals surface area (Å²) in [7, 11) is 0. The quantitative estimate of drug-likeness (QED) is 0.581. The third-order valence-electron chi connectivity index (χ3n) is 4.98. The van der Waals surface area contributed by atoms with Gasteiger partial charge in [-0.15, -0.1) is 0 Å². The minimum atomic E-state index is 0.286. The van der Waals surface area contributed by atoms with Crippen molar-refractivity contribution in [3.8, 4) is 0 Å². The standard InChI is InChI=1S/C22H28O/c1-18-13-15-21(16-14-18)22(20-11-5-6-12-20)23-17-7-10-19-8-3-2-4-9-19/h2-4,8-9,13-16,20,22H,5-7,10-12,17H2,1H3. The molecule has 0 saturated heterocycles. The summed E-state index contributed by atoms with van der Waals surface area (Å²) in [5.74, 6) is 0.703. The molecule has 23 heavy (non-hydrogen) atoms. The first kappa shape index (κ1) is 16.3. The van der Waals surface area contributed by atoms with Crippen molar-refractivity contribution in [2.75, 3.05) is 6.61 Å². The number of hydrogen-bond donors (Lipinski definition) is 0. The van der Waals surface area contributed by atoms with Gasteiger partial charge in [-0.1, -0.05) is 73.0 Å². The van der Waals surface area contributed by atoms with Crippen LogP contribution in [-0.4, -0.2) is 6.61 Å². The van der Waals surface area contributed by atoms with Gasteiger partial charge in [0, 0.05) is 6.61 Å². The summed E-state index contributed by atoms with van der Waals surface area (Å²) >= 11 is 0. The van der Waals surface area contributed by atoms with Gasteiger partial charge < -0.3 is 4.74 Å². The Morgan fingerprint density at radius 1 is 0.957 bits per heavy atom. The molecule has 122 valence electrons. The average Bonchev–Trinajstić information content (AvgIpc) is 3.11. The van der Waals surface area contributed by atoms with E-state index in [2.05, 4.69) is 61.5 Å². The molecule has 1 aliphatic rings. The lowest BCUT2D eigenvalue weighted by Gasteiger charge is -2.24. The van der Waals surface area contributed by atoms with Crippen molar-refractivity contribution in [1.29, 1.82) is 0 Å². The van der Waals surface area contributed by atoms with Gasteiger partial charge in [-0.3, -0.25) is 0 Å². The summed E-state index contributed by atoms with van der Waals surface area (Å²) in [5, 5.41) is 0. The van der Waals surface area contributed by atoms with E-state index in [9.17, 15) is 0 Å². The van der Waals surface area contributed by atoms with Crippen LogP contribution in [0.1, 0.15) is 54.9 Å². The van der Waals surface area contributed by atoms with Crippen molar-refractivity contribution in [1.82, 2.24) is 0 Å². The maximum Gasteiger partial charge on any atom is 0.0853 e. The van der Waals surface area contributed by atoms with Gasteiger partial charge >= 0.3 is 0 Å². The summed E-state index contributed by atoms with van der Waals surface area (Å²) in [5.41, 5.74) is 4.09. The van der Waals surface area contributed by atoms with Crippen molar-refractivity contribution in [3.05, 3.63) is 71.3 Å². The van der Waals surface area contributed by atoms with E-state index in [1.165, 1.54) is 42.4 Å². The molecule has 1 nitrogen and oxygen atoms in total. The van der Waals surface area contributed by atoms with Crippen LogP contribution in [0.4, 0.5) is 0 Å². The van der Waals surface area contributed by atoms with Gasteiger partial charge in [0.25, 0.3) is 0 Å². The summed E-state index contributed by atoms with van der Waals surface area (Å²) in [4.78, 5) is 0. The molecule has 1 atom stereocenters. The highest BCUT2D eigenvalue weighted by molar-refractivity contribution is 5.24. The summed E-state index contributed by atoms with van der Waals surface area (Å²) in [6.07, 6.45) is 7.84. The Bertz CT molecular complexity index is 567. The molecule has 1 aliphatic carbocycles. The van der Waals surface area contributed by atoms with Crippen LogP contribution in [0.3, 0.4) is 0 Å². The largest absolute Gasteiger partial charge is 0.373 e. The second-order valence-corrected chi connectivity index (χ2v) is 6.84. The van der Waals surface area contributed by atoms with Crippen LogP contribution in [0.2, 0.25) is 0 Å². The molecule has 0 radical (unpaired) electrons. The van der Waals surface area contributed by atoms with Gasteiger partial charge in [0.2, 0.25) is 0 Å². The van der Waals surface area contributed by atoms with Crippen LogP contribution in [0.25, 0.3) is 0 Å². The van der Waals surface area contributed by atoms with E-state index in [0.29, 0.717) is 5.92 Å². The summed E-state index contributed by atoms with van der Waals surface area (Å²) in [6, 6.07) is 19.7. The second kappa shape index (κ2) is 8.31. The van der Waals surface area contributed by atoms with Crippen molar-refractivity contribution in [2.45, 2.75) is 51.6 Å². The van der Waals surface area contributed by atoms with Gasteiger partial charge in [-0.25, -0.2) is 0 Å². The van der Waals surface area contributed by atoms with Crippen molar-refractivity contribution in [2.24, 2.45) is 5.92 Å². The molecule has 2 aromatic carbocycles. The Morgan fingerprint density at radius 3 is 2.35 bits per heavy atom. The Labute approximate surface area is 140 Å². The molecule has 0 heterocycles. The molecule has 1 heteroatoms. The van der Waals surface area contributed by atoms with Gasteiger partial charge in [0.15, 0.2) is 0 Å². The van der Waals surface area contributed by atoms with Crippen LogP contribution >= 0.6 is 0 Å². The molecule has 0 aliphatic heterocycles. The maximum absolute atomic E-state index is 6.37. The van der Waals surface area contributed by atoms with E-state index in [1.807, 2.05) is 0 Å². The monoisotopic (exact) mass is 308 g/mol. The SMILES string of the molecule is Cc1ccc(C(OCCCc2ccccc2)C2CCCC2)cc1. The Morgan fingerprint density at radius 2 is 1.65 bits per heavy atom. The topological polar surface area (TPSA) is 9.23 Å². The molecule has 0 N–H and O–H groups in total. The van der Waals surface area contributed by atoms with Crippen LogP contribution in [0.5, 0.6) is 0 Å². The zero-order valence-corrected chi connectivity index (χ0v) is 14.2. The molecule has 0 aromatic heterocycles. The molecule has 1 saturated carbocycles. The fraction of sp³-hybridized carbons (Fsp3) is 0.455. The molecule has 2 aromatic rings. The van der Waals surface area contributed by atoms with Gasteiger partial charge in [-0.05, 0) is 49.7 Å². The normalized spacial score (nSPS) is 16.6. The lowest BCUT2D eigenvalue weighted by Crippen LogP contribution is -2.15. The van der Waals surface area contributed by atoms with Crippen LogP contribution in [0.15, 0.2) is 54.6 Å². The van der Waals surface area contributed by atoms with Crippen LogP contribution in [-0.2, 0) is 11.2 Å². The Hall–Kier alpha value is -1.60. The highest BCUT2D eigenvalue weighted by Crippen LogP contribution is 2.38. The first-order chi connectivity index (χ1) is 11.3. The van der Waals surface area contributed by atoms with Crippen molar-refractivity contribution < 1.29 is 4.74 Å². The summed E-state index contributed by atoms with van der Waals surface area (Å²) in [6.45, 7) is 3.00. The first-order valence-corrected chi connectivity index (χ1v) is 9.05. The fourth-order valence-electron chi connectivity index (χ4n) is 3.65. The number of hydrogen-bond acceptors (Lipinski definition) is 1. The average molecular weight is 308 g/mol. The molecular formula is C22H28O. The number of ether oxygens (including phenoxy) is 1. The smallest absolute Gasteiger partial charge is 0.0853 e. The van der Waals surface area contributed by atoms with E-state index < -0.39 is 0 Å². The van der Waals surface area contributed by atoms with E-state index >= 15 is 0 Å². The zero-order valence-electron chi connectivity index (χ0n) is 14.2. The fourth-order valence-corrected chi connectivity index (χ4v) is 3.65. The minimum Gasteiger partial charge on any atom is -0.373 e. The van der Waals surface area contributed by atoms with Crippen LogP contribution in [0, 0.1) is 12.8 Å².